The summed E-state index contributed by atoms with van der Waals surface area (Å²) in [5, 5.41) is 3.00. The van der Waals surface area contributed by atoms with Crippen molar-refractivity contribution in [3.8, 4) is 0 Å². The Hall–Kier alpha value is -1.76. The van der Waals surface area contributed by atoms with Crippen LogP contribution < -0.4 is 5.32 Å². The predicted molar refractivity (Wildman–Crippen MR) is 116 cm³/mol. The van der Waals surface area contributed by atoms with Crippen molar-refractivity contribution in [1.82, 2.24) is 15.1 Å². The molecule has 2 atom stereocenters. The first-order chi connectivity index (χ1) is 14.0. The average Bonchev–Trinajstić information content (AvgIpc) is 2.75. The molecule has 29 heavy (non-hydrogen) atoms. The van der Waals surface area contributed by atoms with Gasteiger partial charge in [-0.15, -0.1) is 0 Å². The Balaban J connectivity index is 1.76. The van der Waals surface area contributed by atoms with E-state index in [-0.39, 0.29) is 29.7 Å². The van der Waals surface area contributed by atoms with Crippen molar-refractivity contribution in [2.24, 2.45) is 5.92 Å². The lowest BCUT2D eigenvalue weighted by molar-refractivity contribution is -0.137. The van der Waals surface area contributed by atoms with Gasteiger partial charge in [0.1, 0.15) is 5.82 Å². The van der Waals surface area contributed by atoms with E-state index in [2.05, 4.69) is 12.2 Å². The Morgan fingerprint density at radius 2 is 2.00 bits per heavy atom. The summed E-state index contributed by atoms with van der Waals surface area (Å²) >= 11 is 1.88. The highest BCUT2D eigenvalue weighted by atomic mass is 32.2. The maximum atomic E-state index is 13.8. The SMILES string of the molecule is CCCCNC(=O)N1C[C@@H](C(=O)N2CCSCC2)CC[C@H]1c1ccc(F)c(C)c1. The molecule has 160 valence electrons. The highest BCUT2D eigenvalue weighted by molar-refractivity contribution is 7.99. The van der Waals surface area contributed by atoms with E-state index < -0.39 is 0 Å². The van der Waals surface area contributed by atoms with Crippen LogP contribution in [0.2, 0.25) is 0 Å². The minimum atomic E-state index is -0.237. The van der Waals surface area contributed by atoms with Gasteiger partial charge in [0, 0.05) is 37.7 Å². The number of amides is 3. The largest absolute Gasteiger partial charge is 0.341 e. The molecule has 2 aliphatic rings. The van der Waals surface area contributed by atoms with Crippen molar-refractivity contribution in [3.63, 3.8) is 0 Å². The lowest BCUT2D eigenvalue weighted by Crippen LogP contribution is -2.52. The number of carbonyl (C=O) groups excluding carboxylic acids is 2. The first-order valence-electron chi connectivity index (χ1n) is 10.7. The summed E-state index contributed by atoms with van der Waals surface area (Å²) in [4.78, 5) is 29.8. The van der Waals surface area contributed by atoms with Gasteiger partial charge < -0.3 is 15.1 Å². The van der Waals surface area contributed by atoms with Gasteiger partial charge in [0.25, 0.3) is 0 Å². The fraction of sp³-hybridized carbons (Fsp3) is 0.636. The zero-order chi connectivity index (χ0) is 20.8. The smallest absolute Gasteiger partial charge is 0.317 e. The van der Waals surface area contributed by atoms with E-state index in [4.69, 9.17) is 0 Å². The second-order valence-electron chi connectivity index (χ2n) is 7.97. The van der Waals surface area contributed by atoms with Crippen LogP contribution in [0.1, 0.15) is 49.8 Å². The zero-order valence-corrected chi connectivity index (χ0v) is 18.3. The molecule has 1 aromatic rings. The number of thioether (sulfide) groups is 1. The maximum absolute atomic E-state index is 13.8. The molecule has 5 nitrogen and oxygen atoms in total. The molecule has 0 aliphatic carbocycles. The van der Waals surface area contributed by atoms with Gasteiger partial charge in [0.15, 0.2) is 0 Å². The summed E-state index contributed by atoms with van der Waals surface area (Å²) < 4.78 is 13.8. The molecule has 0 saturated carbocycles. The number of hydrogen-bond acceptors (Lipinski definition) is 3. The van der Waals surface area contributed by atoms with E-state index in [0.29, 0.717) is 25.1 Å². The highest BCUT2D eigenvalue weighted by Crippen LogP contribution is 2.35. The molecule has 2 aliphatic heterocycles. The summed E-state index contributed by atoms with van der Waals surface area (Å²) in [6, 6.07) is 4.81. The molecule has 2 fully saturated rings. The third kappa shape index (κ3) is 5.44. The van der Waals surface area contributed by atoms with Crippen LogP contribution in [0.25, 0.3) is 0 Å². The Kier molecular flexibility index (Phi) is 7.81. The molecule has 1 aromatic carbocycles. The van der Waals surface area contributed by atoms with Crippen LogP contribution in [0.15, 0.2) is 18.2 Å². The van der Waals surface area contributed by atoms with Gasteiger partial charge in [0.2, 0.25) is 5.91 Å². The van der Waals surface area contributed by atoms with Gasteiger partial charge in [0.05, 0.1) is 12.0 Å². The fourth-order valence-electron chi connectivity index (χ4n) is 4.13. The van der Waals surface area contributed by atoms with Crippen molar-refractivity contribution in [1.29, 1.82) is 0 Å². The Labute approximate surface area is 177 Å². The average molecular weight is 422 g/mol. The molecule has 0 bridgehead atoms. The highest BCUT2D eigenvalue weighted by Gasteiger charge is 2.37. The number of nitrogens with one attached hydrogen (secondary N) is 1. The minimum absolute atomic E-state index is 0.128. The van der Waals surface area contributed by atoms with Crippen LogP contribution >= 0.6 is 11.8 Å². The fourth-order valence-corrected chi connectivity index (χ4v) is 5.04. The molecule has 3 amide bonds. The molecular weight excluding hydrogens is 389 g/mol. The normalized spacial score (nSPS) is 22.4. The van der Waals surface area contributed by atoms with E-state index in [9.17, 15) is 14.0 Å². The Bertz CT molecular complexity index is 724. The van der Waals surface area contributed by atoms with Crippen LogP contribution in [-0.4, -0.2) is 59.4 Å². The van der Waals surface area contributed by atoms with E-state index in [1.165, 1.54) is 6.07 Å². The molecule has 2 saturated heterocycles. The molecule has 0 radical (unpaired) electrons. The second-order valence-corrected chi connectivity index (χ2v) is 9.20. The van der Waals surface area contributed by atoms with E-state index in [1.54, 1.807) is 17.9 Å². The Morgan fingerprint density at radius 1 is 1.24 bits per heavy atom. The van der Waals surface area contributed by atoms with Crippen LogP contribution in [0.3, 0.4) is 0 Å². The van der Waals surface area contributed by atoms with Gasteiger partial charge in [-0.1, -0.05) is 25.5 Å². The number of aryl methyl sites for hydroxylation is 1. The molecule has 7 heteroatoms. The Morgan fingerprint density at radius 3 is 2.69 bits per heavy atom. The van der Waals surface area contributed by atoms with Crippen LogP contribution in [0.4, 0.5) is 9.18 Å². The molecule has 0 unspecified atom stereocenters. The number of piperidine rings is 1. The van der Waals surface area contributed by atoms with E-state index >= 15 is 0 Å². The van der Waals surface area contributed by atoms with Crippen molar-refractivity contribution in [2.75, 3.05) is 37.7 Å². The molecule has 3 rings (SSSR count). The summed E-state index contributed by atoms with van der Waals surface area (Å²) in [5.74, 6) is 1.74. The third-order valence-corrected chi connectivity index (χ3v) is 6.83. The van der Waals surface area contributed by atoms with E-state index in [1.807, 2.05) is 22.7 Å². The lowest BCUT2D eigenvalue weighted by atomic mass is 9.87. The van der Waals surface area contributed by atoms with Crippen molar-refractivity contribution >= 4 is 23.7 Å². The number of hydrogen-bond donors (Lipinski definition) is 1. The summed E-state index contributed by atoms with van der Waals surface area (Å²) in [6.07, 6.45) is 3.40. The number of rotatable bonds is 5. The number of urea groups is 1. The molecule has 1 N–H and O–H groups in total. The lowest BCUT2D eigenvalue weighted by Gasteiger charge is -2.41. The second kappa shape index (κ2) is 10.3. The zero-order valence-electron chi connectivity index (χ0n) is 17.5. The number of halogens is 1. The van der Waals surface area contributed by atoms with Crippen molar-refractivity contribution in [3.05, 3.63) is 35.1 Å². The third-order valence-electron chi connectivity index (χ3n) is 5.89. The van der Waals surface area contributed by atoms with Crippen LogP contribution in [0.5, 0.6) is 0 Å². The predicted octanol–water partition coefficient (Wildman–Crippen LogP) is 3.97. The standard InChI is InChI=1S/C22H32FN3O2S/c1-3-4-9-24-22(28)26-15-18(21(27)25-10-12-29-13-11-25)6-8-20(26)17-5-7-19(23)16(2)14-17/h5,7,14,18,20H,3-4,6,8-13,15H2,1-2H3,(H,24,28)/t18-,20-/m0/s1. The van der Waals surface area contributed by atoms with Gasteiger partial charge in [-0.05, 0) is 43.4 Å². The number of likely N-dealkylation sites (tertiary alicyclic amines) is 1. The topological polar surface area (TPSA) is 52.7 Å². The van der Waals surface area contributed by atoms with Gasteiger partial charge in [-0.3, -0.25) is 4.79 Å². The van der Waals surface area contributed by atoms with Crippen molar-refractivity contribution < 1.29 is 14.0 Å². The summed E-state index contributed by atoms with van der Waals surface area (Å²) in [7, 11) is 0. The van der Waals surface area contributed by atoms with Gasteiger partial charge in [-0.25, -0.2) is 9.18 Å². The molecular formula is C22H32FN3O2S. The number of nitrogens with zero attached hydrogens (tertiary/aromatic N) is 2. The molecule has 0 aromatic heterocycles. The summed E-state index contributed by atoms with van der Waals surface area (Å²) in [6.45, 7) is 6.47. The quantitative estimate of drug-likeness (QED) is 0.732. The van der Waals surface area contributed by atoms with Crippen molar-refractivity contribution in [2.45, 2.75) is 45.6 Å². The number of benzene rings is 1. The number of unbranched alkanes of at least 4 members (excludes halogenated alkanes) is 1. The summed E-state index contributed by atoms with van der Waals surface area (Å²) in [5.41, 5.74) is 1.52. The van der Waals surface area contributed by atoms with Crippen LogP contribution in [-0.2, 0) is 4.79 Å². The van der Waals surface area contributed by atoms with Gasteiger partial charge in [-0.2, -0.15) is 11.8 Å². The minimum Gasteiger partial charge on any atom is -0.341 e. The first kappa shape index (κ1) is 21.9. The van der Waals surface area contributed by atoms with Gasteiger partial charge >= 0.3 is 6.03 Å². The molecule has 2 heterocycles. The maximum Gasteiger partial charge on any atom is 0.317 e. The monoisotopic (exact) mass is 421 g/mol. The van der Waals surface area contributed by atoms with E-state index in [0.717, 1.165) is 49.4 Å². The first-order valence-corrected chi connectivity index (χ1v) is 11.8. The number of carbonyl (C=O) groups is 2. The molecule has 0 spiro atoms. The van der Waals surface area contributed by atoms with Crippen LogP contribution in [0, 0.1) is 18.7 Å².